The second-order valence-electron chi connectivity index (χ2n) is 6.61. The summed E-state index contributed by atoms with van der Waals surface area (Å²) in [5, 5.41) is 12.4. The molecule has 0 bridgehead atoms. The molecule has 1 aromatic carbocycles. The molecule has 1 aliphatic heterocycles. The van der Waals surface area contributed by atoms with Gasteiger partial charge in [0.15, 0.2) is 5.82 Å². The Kier molecular flexibility index (Phi) is 5.82. The predicted octanol–water partition coefficient (Wildman–Crippen LogP) is 2.90. The highest BCUT2D eigenvalue weighted by atomic mass is 35.5. The number of pyridine rings is 1. The smallest absolute Gasteiger partial charge is 0.247 e. The van der Waals surface area contributed by atoms with E-state index in [-0.39, 0.29) is 0 Å². The highest BCUT2D eigenvalue weighted by Crippen LogP contribution is 2.16. The molecule has 4 rings (SSSR count). The Morgan fingerprint density at radius 3 is 2.50 bits per heavy atom. The Balaban J connectivity index is 1.31. The third kappa shape index (κ3) is 4.67. The van der Waals surface area contributed by atoms with E-state index in [4.69, 9.17) is 11.6 Å². The molecule has 0 unspecified atom stereocenters. The van der Waals surface area contributed by atoms with Crippen molar-refractivity contribution in [3.8, 4) is 0 Å². The Labute approximate surface area is 169 Å². The van der Waals surface area contributed by atoms with Crippen LogP contribution in [0.3, 0.4) is 0 Å². The van der Waals surface area contributed by atoms with E-state index in [1.165, 1.54) is 5.56 Å². The van der Waals surface area contributed by atoms with Crippen molar-refractivity contribution in [2.75, 3.05) is 47.8 Å². The van der Waals surface area contributed by atoms with Crippen molar-refractivity contribution < 1.29 is 0 Å². The first kappa shape index (κ1) is 18.4. The van der Waals surface area contributed by atoms with Gasteiger partial charge < -0.3 is 15.1 Å². The number of hydrogen-bond donors (Lipinski definition) is 1. The van der Waals surface area contributed by atoms with Crippen molar-refractivity contribution in [1.29, 1.82) is 0 Å². The van der Waals surface area contributed by atoms with Gasteiger partial charge in [0.1, 0.15) is 5.82 Å². The summed E-state index contributed by atoms with van der Waals surface area (Å²) >= 11 is 5.92. The molecule has 0 atom stereocenters. The quantitative estimate of drug-likeness (QED) is 0.688. The zero-order chi connectivity index (χ0) is 19.2. The number of aromatic nitrogens is 4. The molecule has 0 saturated carbocycles. The van der Waals surface area contributed by atoms with E-state index >= 15 is 0 Å². The Morgan fingerprint density at radius 2 is 1.75 bits per heavy atom. The minimum absolute atomic E-state index is 0.664. The molecule has 8 heteroatoms. The van der Waals surface area contributed by atoms with Crippen LogP contribution in [0.25, 0.3) is 0 Å². The molecule has 1 fully saturated rings. The largest absolute Gasteiger partial charge is 0.368 e. The molecule has 1 saturated heterocycles. The molecule has 1 aliphatic rings. The SMILES string of the molecule is Clc1ccc(CCNc2cnnc(N3CCN(c4ccccn4)CC3)n2)cc1. The van der Waals surface area contributed by atoms with Gasteiger partial charge in [0.2, 0.25) is 5.95 Å². The van der Waals surface area contributed by atoms with Crippen LogP contribution in [0.2, 0.25) is 5.02 Å². The number of hydrogen-bond acceptors (Lipinski definition) is 7. The molecule has 7 nitrogen and oxygen atoms in total. The third-order valence-electron chi connectivity index (χ3n) is 4.72. The van der Waals surface area contributed by atoms with Crippen LogP contribution in [0.15, 0.2) is 54.9 Å². The summed E-state index contributed by atoms with van der Waals surface area (Å²) in [5.74, 6) is 2.42. The zero-order valence-electron chi connectivity index (χ0n) is 15.5. The highest BCUT2D eigenvalue weighted by molar-refractivity contribution is 6.30. The Bertz CT molecular complexity index is 881. The summed E-state index contributed by atoms with van der Waals surface area (Å²) in [6.45, 7) is 4.22. The number of rotatable bonds is 6. The van der Waals surface area contributed by atoms with Gasteiger partial charge in [0, 0.05) is 43.9 Å². The van der Waals surface area contributed by atoms with E-state index in [0.29, 0.717) is 5.95 Å². The maximum Gasteiger partial charge on any atom is 0.247 e. The molecular weight excluding hydrogens is 374 g/mol. The van der Waals surface area contributed by atoms with Crippen molar-refractivity contribution >= 4 is 29.2 Å². The van der Waals surface area contributed by atoms with Crippen LogP contribution in [0.5, 0.6) is 0 Å². The summed E-state index contributed by atoms with van der Waals surface area (Å²) in [7, 11) is 0. The maximum atomic E-state index is 5.92. The first-order valence-corrected chi connectivity index (χ1v) is 9.75. The molecule has 0 aliphatic carbocycles. The minimum atomic E-state index is 0.664. The average molecular weight is 396 g/mol. The Hall–Kier alpha value is -2.93. The predicted molar refractivity (Wildman–Crippen MR) is 112 cm³/mol. The van der Waals surface area contributed by atoms with Gasteiger partial charge in [-0.1, -0.05) is 29.8 Å². The van der Waals surface area contributed by atoms with Crippen LogP contribution in [0, 0.1) is 0 Å². The lowest BCUT2D eigenvalue weighted by Gasteiger charge is -2.35. The van der Waals surface area contributed by atoms with Crippen LogP contribution in [-0.2, 0) is 6.42 Å². The molecule has 144 valence electrons. The van der Waals surface area contributed by atoms with E-state index in [1.54, 1.807) is 6.20 Å². The van der Waals surface area contributed by atoms with Crippen molar-refractivity contribution in [2.24, 2.45) is 0 Å². The third-order valence-corrected chi connectivity index (χ3v) is 4.97. The second-order valence-corrected chi connectivity index (χ2v) is 7.04. The van der Waals surface area contributed by atoms with Crippen LogP contribution in [-0.4, -0.2) is 52.9 Å². The second kappa shape index (κ2) is 8.84. The average Bonchev–Trinajstić information content (AvgIpc) is 2.76. The van der Waals surface area contributed by atoms with Crippen LogP contribution in [0.1, 0.15) is 5.56 Å². The van der Waals surface area contributed by atoms with Gasteiger partial charge in [-0.05, 0) is 36.2 Å². The molecule has 0 amide bonds. The number of halogens is 1. The van der Waals surface area contributed by atoms with Crippen molar-refractivity contribution in [3.05, 3.63) is 65.4 Å². The lowest BCUT2D eigenvalue weighted by Crippen LogP contribution is -2.47. The minimum Gasteiger partial charge on any atom is -0.368 e. The fraction of sp³-hybridized carbons (Fsp3) is 0.300. The summed E-state index contributed by atoms with van der Waals surface area (Å²) in [6, 6.07) is 13.9. The van der Waals surface area contributed by atoms with Gasteiger partial charge in [0.25, 0.3) is 0 Å². The van der Waals surface area contributed by atoms with Gasteiger partial charge in [0.05, 0.1) is 6.20 Å². The summed E-state index contributed by atoms with van der Waals surface area (Å²) in [5.41, 5.74) is 1.23. The van der Waals surface area contributed by atoms with Crippen molar-refractivity contribution in [3.63, 3.8) is 0 Å². The number of nitrogens with one attached hydrogen (secondary N) is 1. The van der Waals surface area contributed by atoms with Gasteiger partial charge in [-0.15, -0.1) is 5.10 Å². The number of piperazine rings is 1. The summed E-state index contributed by atoms with van der Waals surface area (Å²) < 4.78 is 0. The lowest BCUT2D eigenvalue weighted by atomic mass is 10.1. The van der Waals surface area contributed by atoms with E-state index in [9.17, 15) is 0 Å². The summed E-state index contributed by atoms with van der Waals surface area (Å²) in [6.07, 6.45) is 4.38. The molecule has 0 spiro atoms. The lowest BCUT2D eigenvalue weighted by molar-refractivity contribution is 0.630. The van der Waals surface area contributed by atoms with Crippen molar-refractivity contribution in [2.45, 2.75) is 6.42 Å². The van der Waals surface area contributed by atoms with E-state index in [0.717, 1.165) is 55.8 Å². The molecule has 28 heavy (non-hydrogen) atoms. The zero-order valence-corrected chi connectivity index (χ0v) is 16.3. The fourth-order valence-corrected chi connectivity index (χ4v) is 3.30. The van der Waals surface area contributed by atoms with Crippen molar-refractivity contribution in [1.82, 2.24) is 20.2 Å². The Morgan fingerprint density at radius 1 is 0.964 bits per heavy atom. The number of benzene rings is 1. The van der Waals surface area contributed by atoms with E-state index in [1.807, 2.05) is 48.7 Å². The van der Waals surface area contributed by atoms with Crippen LogP contribution in [0.4, 0.5) is 17.6 Å². The van der Waals surface area contributed by atoms with E-state index < -0.39 is 0 Å². The van der Waals surface area contributed by atoms with Crippen LogP contribution >= 0.6 is 11.6 Å². The van der Waals surface area contributed by atoms with Gasteiger partial charge in [-0.3, -0.25) is 0 Å². The highest BCUT2D eigenvalue weighted by Gasteiger charge is 2.20. The first-order chi connectivity index (χ1) is 13.8. The first-order valence-electron chi connectivity index (χ1n) is 9.37. The van der Waals surface area contributed by atoms with E-state index in [2.05, 4.69) is 35.3 Å². The van der Waals surface area contributed by atoms with Gasteiger partial charge >= 0.3 is 0 Å². The topological polar surface area (TPSA) is 70.1 Å². The molecule has 1 N–H and O–H groups in total. The fourth-order valence-electron chi connectivity index (χ4n) is 3.18. The monoisotopic (exact) mass is 395 g/mol. The molecule has 3 aromatic rings. The van der Waals surface area contributed by atoms with Gasteiger partial charge in [-0.25, -0.2) is 4.98 Å². The van der Waals surface area contributed by atoms with Gasteiger partial charge in [-0.2, -0.15) is 10.1 Å². The maximum absolute atomic E-state index is 5.92. The molecule has 0 radical (unpaired) electrons. The van der Waals surface area contributed by atoms with Crippen LogP contribution < -0.4 is 15.1 Å². The summed E-state index contributed by atoms with van der Waals surface area (Å²) in [4.78, 5) is 13.5. The molecule has 2 aromatic heterocycles. The normalized spacial score (nSPS) is 14.2. The number of nitrogens with zero attached hydrogens (tertiary/aromatic N) is 6. The standard InChI is InChI=1S/C20H22ClN7/c21-17-6-4-16(5-7-17)8-10-22-18-15-24-26-20(25-18)28-13-11-27(12-14-28)19-3-1-2-9-23-19/h1-7,9,15H,8,10-14H2,(H,22,25,26). The number of anilines is 3. The molecule has 3 heterocycles. The molecular formula is C20H22ClN7.